The van der Waals surface area contributed by atoms with E-state index < -0.39 is 23.3 Å². The first-order valence-electron chi connectivity index (χ1n) is 8.36. The largest absolute Gasteiger partial charge is 0.418 e. The Balaban J connectivity index is 1.91. The molecule has 0 atom stereocenters. The number of nitrogens with zero attached hydrogens (tertiary/aromatic N) is 3. The van der Waals surface area contributed by atoms with Gasteiger partial charge in [0.25, 0.3) is 5.56 Å². The summed E-state index contributed by atoms with van der Waals surface area (Å²) >= 11 is 0.910. The van der Waals surface area contributed by atoms with Gasteiger partial charge in [0.05, 0.1) is 17.3 Å². The van der Waals surface area contributed by atoms with Crippen LogP contribution >= 0.6 is 11.5 Å². The van der Waals surface area contributed by atoms with Crippen molar-refractivity contribution in [1.29, 1.82) is 5.26 Å². The number of benzene rings is 1. The number of para-hydroxylation sites is 1. The minimum Gasteiger partial charge on any atom is -0.351 e. The lowest BCUT2D eigenvalue weighted by atomic mass is 10.1. The first-order chi connectivity index (χ1) is 13.2. The van der Waals surface area contributed by atoms with Crippen molar-refractivity contribution in [2.24, 2.45) is 5.73 Å². The third kappa shape index (κ3) is 3.82. The summed E-state index contributed by atoms with van der Waals surface area (Å²) in [5.41, 5.74) is 3.33. The zero-order chi connectivity index (χ0) is 20.5. The number of likely N-dealkylation sites (tertiary alicyclic amines) is 1. The lowest BCUT2D eigenvalue weighted by molar-refractivity contribution is -0.136. The van der Waals surface area contributed by atoms with Crippen LogP contribution in [0, 0.1) is 11.3 Å². The lowest BCUT2D eigenvalue weighted by Crippen LogP contribution is -2.42. The van der Waals surface area contributed by atoms with Gasteiger partial charge in [0.15, 0.2) is 5.56 Å². The normalized spacial score (nSPS) is 15.3. The van der Waals surface area contributed by atoms with Crippen molar-refractivity contribution in [2.75, 3.05) is 18.4 Å². The number of nitrogens with one attached hydrogen (secondary N) is 1. The molecule has 148 valence electrons. The molecule has 28 heavy (non-hydrogen) atoms. The number of amides is 2. The quantitative estimate of drug-likeness (QED) is 0.809. The molecule has 0 spiro atoms. The molecule has 1 aromatic heterocycles. The minimum absolute atomic E-state index is 0.0570. The summed E-state index contributed by atoms with van der Waals surface area (Å²) in [6, 6.07) is 5.84. The number of halogens is 3. The van der Waals surface area contributed by atoms with Gasteiger partial charge in [-0.2, -0.15) is 18.4 Å². The molecule has 3 N–H and O–H groups in total. The molecular weight excluding hydrogens is 395 g/mol. The summed E-state index contributed by atoms with van der Waals surface area (Å²) in [6.07, 6.45) is -3.65. The van der Waals surface area contributed by atoms with E-state index in [9.17, 15) is 28.0 Å². The third-order valence-corrected chi connectivity index (χ3v) is 5.68. The maximum absolute atomic E-state index is 13.2. The molecule has 0 bridgehead atoms. The molecule has 1 aromatic carbocycles. The molecule has 2 amide bonds. The fraction of sp³-hybridized carbons (Fsp3) is 0.353. The number of hydrogen-bond donors (Lipinski definition) is 2. The molecule has 7 nitrogen and oxygen atoms in total. The Bertz CT molecular complexity index is 984. The van der Waals surface area contributed by atoms with E-state index in [0.29, 0.717) is 25.9 Å². The third-order valence-electron chi connectivity index (χ3n) is 4.53. The van der Waals surface area contributed by atoms with E-state index in [0.717, 1.165) is 17.6 Å². The molecule has 2 heterocycles. The van der Waals surface area contributed by atoms with E-state index in [2.05, 4.69) is 5.32 Å². The van der Waals surface area contributed by atoms with Gasteiger partial charge in [-0.25, -0.2) is 4.79 Å². The second-order valence-electron chi connectivity index (χ2n) is 6.26. The van der Waals surface area contributed by atoms with Crippen molar-refractivity contribution >= 4 is 28.3 Å². The summed E-state index contributed by atoms with van der Waals surface area (Å²) in [6.45, 7) is 0.734. The highest BCUT2D eigenvalue weighted by molar-refractivity contribution is 7.11. The number of hydrogen-bond acceptors (Lipinski definition) is 5. The monoisotopic (exact) mass is 411 g/mol. The molecule has 3 rings (SSSR count). The van der Waals surface area contributed by atoms with E-state index in [1.807, 2.05) is 0 Å². The van der Waals surface area contributed by atoms with Crippen molar-refractivity contribution in [2.45, 2.75) is 25.1 Å². The van der Waals surface area contributed by atoms with E-state index in [1.54, 1.807) is 6.07 Å². The van der Waals surface area contributed by atoms with Crippen molar-refractivity contribution < 1.29 is 18.0 Å². The minimum atomic E-state index is -4.58. The average molecular weight is 411 g/mol. The Labute approximate surface area is 161 Å². The Kier molecular flexibility index (Phi) is 5.33. The number of piperidine rings is 1. The van der Waals surface area contributed by atoms with Crippen LogP contribution in [-0.4, -0.2) is 28.0 Å². The van der Waals surface area contributed by atoms with Crippen LogP contribution in [0.15, 0.2) is 29.1 Å². The molecule has 0 radical (unpaired) electrons. The predicted octanol–water partition coefficient (Wildman–Crippen LogP) is 3.26. The second-order valence-corrected chi connectivity index (χ2v) is 7.25. The van der Waals surface area contributed by atoms with Crippen LogP contribution in [0.2, 0.25) is 0 Å². The highest BCUT2D eigenvalue weighted by atomic mass is 32.1. The number of primary amides is 1. The first kappa shape index (κ1) is 19.8. The lowest BCUT2D eigenvalue weighted by Gasteiger charge is -2.30. The van der Waals surface area contributed by atoms with Crippen LogP contribution < -0.4 is 16.6 Å². The van der Waals surface area contributed by atoms with Crippen LogP contribution in [0.4, 0.5) is 28.7 Å². The van der Waals surface area contributed by atoms with E-state index in [4.69, 9.17) is 5.73 Å². The highest BCUT2D eigenvalue weighted by Gasteiger charge is 2.34. The maximum atomic E-state index is 13.2. The molecule has 1 saturated heterocycles. The molecule has 1 fully saturated rings. The van der Waals surface area contributed by atoms with E-state index >= 15 is 0 Å². The van der Waals surface area contributed by atoms with E-state index in [-0.39, 0.29) is 22.3 Å². The van der Waals surface area contributed by atoms with Gasteiger partial charge in [-0.15, -0.1) is 0 Å². The van der Waals surface area contributed by atoms with Crippen LogP contribution in [0.3, 0.4) is 0 Å². The van der Waals surface area contributed by atoms with Crippen molar-refractivity contribution in [3.8, 4) is 6.07 Å². The van der Waals surface area contributed by atoms with Gasteiger partial charge in [0.1, 0.15) is 11.1 Å². The Hall–Kier alpha value is -3.00. The van der Waals surface area contributed by atoms with Gasteiger partial charge in [0.2, 0.25) is 0 Å². The molecule has 0 aliphatic carbocycles. The smallest absolute Gasteiger partial charge is 0.351 e. The fourth-order valence-corrected chi connectivity index (χ4v) is 4.21. The van der Waals surface area contributed by atoms with Crippen molar-refractivity contribution in [3.05, 3.63) is 45.7 Å². The van der Waals surface area contributed by atoms with Gasteiger partial charge in [-0.1, -0.05) is 12.1 Å². The standard InChI is InChI=1S/C17H16F3N5O2S/c18-17(19,20)12-3-1-2-4-13(12)23-14-11(9-21)15(26)25(28-14)10-5-7-24(8-6-10)16(22)27/h1-4,10,23H,5-8H2,(H2,22,27). The number of carbonyl (C=O) groups is 1. The number of urea groups is 1. The van der Waals surface area contributed by atoms with Gasteiger partial charge in [-0.3, -0.25) is 8.75 Å². The number of nitriles is 1. The van der Waals surface area contributed by atoms with Gasteiger partial charge in [0, 0.05) is 13.1 Å². The molecular formula is C17H16F3N5O2S. The van der Waals surface area contributed by atoms with Crippen molar-refractivity contribution in [1.82, 2.24) is 8.86 Å². The molecule has 1 aliphatic heterocycles. The van der Waals surface area contributed by atoms with Crippen LogP contribution in [0.25, 0.3) is 0 Å². The fourth-order valence-electron chi connectivity index (χ4n) is 3.10. The maximum Gasteiger partial charge on any atom is 0.418 e. The summed E-state index contributed by atoms with van der Waals surface area (Å²) in [7, 11) is 0. The van der Waals surface area contributed by atoms with Gasteiger partial charge in [-0.05, 0) is 36.5 Å². The van der Waals surface area contributed by atoms with Crippen LogP contribution in [0.1, 0.15) is 30.0 Å². The summed E-state index contributed by atoms with van der Waals surface area (Å²) in [4.78, 5) is 25.3. The first-order valence-corrected chi connectivity index (χ1v) is 9.13. The average Bonchev–Trinajstić information content (AvgIpc) is 2.96. The SMILES string of the molecule is N#Cc1c(Nc2ccccc2C(F)(F)F)sn(C2CCN(C(N)=O)CC2)c1=O. The van der Waals surface area contributed by atoms with Crippen molar-refractivity contribution in [3.63, 3.8) is 0 Å². The number of alkyl halides is 3. The highest BCUT2D eigenvalue weighted by Crippen LogP contribution is 2.37. The molecule has 1 aliphatic rings. The van der Waals surface area contributed by atoms with Crippen LogP contribution in [-0.2, 0) is 6.18 Å². The second kappa shape index (κ2) is 7.55. The number of anilines is 2. The Morgan fingerprint density at radius 1 is 1.29 bits per heavy atom. The number of aromatic nitrogens is 1. The predicted molar refractivity (Wildman–Crippen MR) is 97.4 cm³/mol. The topological polar surface area (TPSA) is 104 Å². The van der Waals surface area contributed by atoms with E-state index in [1.165, 1.54) is 27.1 Å². The number of carbonyl (C=O) groups excluding carboxylic acids is 1. The summed E-state index contributed by atoms with van der Waals surface area (Å²) < 4.78 is 41.0. The molecule has 0 unspecified atom stereocenters. The molecule has 0 saturated carbocycles. The Morgan fingerprint density at radius 3 is 2.50 bits per heavy atom. The molecule has 11 heteroatoms. The number of nitrogens with two attached hydrogens (primary N) is 1. The summed E-state index contributed by atoms with van der Waals surface area (Å²) in [5, 5.41) is 12.0. The van der Waals surface area contributed by atoms with Gasteiger partial charge >= 0.3 is 12.2 Å². The molecule has 2 aromatic rings. The zero-order valence-electron chi connectivity index (χ0n) is 14.5. The van der Waals surface area contributed by atoms with Gasteiger partial charge < -0.3 is 16.0 Å². The Morgan fingerprint density at radius 2 is 1.93 bits per heavy atom. The number of rotatable bonds is 3. The van der Waals surface area contributed by atoms with Crippen LogP contribution in [0.5, 0.6) is 0 Å². The zero-order valence-corrected chi connectivity index (χ0v) is 15.3. The summed E-state index contributed by atoms with van der Waals surface area (Å²) in [5.74, 6) is 0.